The van der Waals surface area contributed by atoms with Gasteiger partial charge in [0.1, 0.15) is 11.6 Å². The predicted molar refractivity (Wildman–Crippen MR) is 86.9 cm³/mol. The van der Waals surface area contributed by atoms with Crippen LogP contribution < -0.4 is 10.6 Å². The Morgan fingerprint density at radius 1 is 1.18 bits per heavy atom. The Kier molecular flexibility index (Phi) is 6.27. The Labute approximate surface area is 134 Å². The Balaban J connectivity index is 1.74. The fourth-order valence-corrected chi connectivity index (χ4v) is 2.31. The number of benzene rings is 1. The molecular formula is C16H19ClFN3O. The summed E-state index contributed by atoms with van der Waals surface area (Å²) in [6.45, 7) is 1.24. The van der Waals surface area contributed by atoms with Gasteiger partial charge in [-0.2, -0.15) is 0 Å². The topological polar surface area (TPSA) is 49.6 Å². The average molecular weight is 324 g/mol. The summed E-state index contributed by atoms with van der Waals surface area (Å²) in [7, 11) is 1.69. The van der Waals surface area contributed by atoms with Gasteiger partial charge in [0.2, 0.25) is 0 Å². The summed E-state index contributed by atoms with van der Waals surface area (Å²) in [4.78, 5) is 4.12. The van der Waals surface area contributed by atoms with Crippen molar-refractivity contribution < 1.29 is 8.81 Å². The van der Waals surface area contributed by atoms with Crippen LogP contribution in [0.4, 0.5) is 4.39 Å². The first-order chi connectivity index (χ1) is 10.7. The molecule has 0 fully saturated rings. The van der Waals surface area contributed by atoms with Gasteiger partial charge in [-0.05, 0) is 30.7 Å². The third-order valence-electron chi connectivity index (χ3n) is 3.20. The number of hydrogen-bond donors (Lipinski definition) is 2. The van der Waals surface area contributed by atoms with Crippen LogP contribution in [-0.4, -0.2) is 26.1 Å². The van der Waals surface area contributed by atoms with Crippen LogP contribution in [0.2, 0.25) is 5.02 Å². The lowest BCUT2D eigenvalue weighted by Crippen LogP contribution is -2.39. The lowest BCUT2D eigenvalue weighted by atomic mass is 10.1. The number of guanidine groups is 1. The molecule has 0 saturated heterocycles. The van der Waals surface area contributed by atoms with Crippen molar-refractivity contribution in [1.82, 2.24) is 10.6 Å². The van der Waals surface area contributed by atoms with E-state index in [1.807, 2.05) is 12.1 Å². The molecular weight excluding hydrogens is 305 g/mol. The molecule has 0 spiro atoms. The third kappa shape index (κ3) is 4.77. The smallest absolute Gasteiger partial charge is 0.191 e. The number of nitrogens with zero attached hydrogens (tertiary/aromatic N) is 1. The lowest BCUT2D eigenvalue weighted by Gasteiger charge is -2.12. The van der Waals surface area contributed by atoms with E-state index in [2.05, 4.69) is 15.6 Å². The number of hydrogen-bond acceptors (Lipinski definition) is 2. The molecule has 0 saturated carbocycles. The van der Waals surface area contributed by atoms with E-state index in [1.165, 1.54) is 6.07 Å². The van der Waals surface area contributed by atoms with E-state index in [1.54, 1.807) is 25.4 Å². The van der Waals surface area contributed by atoms with Gasteiger partial charge in [0.15, 0.2) is 5.96 Å². The van der Waals surface area contributed by atoms with Crippen LogP contribution in [0, 0.1) is 5.82 Å². The van der Waals surface area contributed by atoms with Gasteiger partial charge in [-0.1, -0.05) is 17.7 Å². The lowest BCUT2D eigenvalue weighted by molar-refractivity contribution is 0.507. The summed E-state index contributed by atoms with van der Waals surface area (Å²) in [5.74, 6) is 1.30. The van der Waals surface area contributed by atoms with Crippen LogP contribution in [0.3, 0.4) is 0 Å². The van der Waals surface area contributed by atoms with E-state index >= 15 is 0 Å². The maximum atomic E-state index is 13.6. The zero-order valence-electron chi connectivity index (χ0n) is 12.4. The molecule has 0 amide bonds. The number of furan rings is 1. The first kappa shape index (κ1) is 16.4. The van der Waals surface area contributed by atoms with Crippen LogP contribution in [0.15, 0.2) is 46.0 Å². The summed E-state index contributed by atoms with van der Waals surface area (Å²) in [5.41, 5.74) is 0.516. The zero-order chi connectivity index (χ0) is 15.8. The van der Waals surface area contributed by atoms with Gasteiger partial charge in [0.25, 0.3) is 0 Å². The molecule has 0 aliphatic carbocycles. The van der Waals surface area contributed by atoms with Crippen molar-refractivity contribution in [3.05, 3.63) is 58.8 Å². The molecule has 118 valence electrons. The van der Waals surface area contributed by atoms with Gasteiger partial charge in [0, 0.05) is 37.1 Å². The minimum atomic E-state index is -0.282. The standard InChI is InChI=1S/C16H19ClFN3O/c1-19-16(20-9-7-12-4-3-11-22-12)21-10-8-13-14(17)5-2-6-15(13)18/h2-6,11H,7-10H2,1H3,(H2,19,20,21). The number of aliphatic imine (C=N–C) groups is 1. The van der Waals surface area contributed by atoms with E-state index in [4.69, 9.17) is 16.0 Å². The highest BCUT2D eigenvalue weighted by atomic mass is 35.5. The van der Waals surface area contributed by atoms with Crippen LogP contribution in [0.25, 0.3) is 0 Å². The molecule has 0 aliphatic rings. The minimum Gasteiger partial charge on any atom is -0.469 e. The van der Waals surface area contributed by atoms with Crippen molar-refractivity contribution >= 4 is 17.6 Å². The molecule has 1 aromatic heterocycles. The molecule has 0 aliphatic heterocycles. The van der Waals surface area contributed by atoms with Crippen LogP contribution in [-0.2, 0) is 12.8 Å². The summed E-state index contributed by atoms with van der Waals surface area (Å²) in [5, 5.41) is 6.76. The van der Waals surface area contributed by atoms with Gasteiger partial charge in [-0.3, -0.25) is 4.99 Å². The summed E-state index contributed by atoms with van der Waals surface area (Å²) in [6.07, 6.45) is 2.91. The van der Waals surface area contributed by atoms with E-state index in [0.717, 1.165) is 12.2 Å². The fraction of sp³-hybridized carbons (Fsp3) is 0.312. The maximum Gasteiger partial charge on any atom is 0.191 e. The molecule has 4 nitrogen and oxygen atoms in total. The Morgan fingerprint density at radius 3 is 2.59 bits per heavy atom. The highest BCUT2D eigenvalue weighted by Crippen LogP contribution is 2.18. The second-order valence-electron chi connectivity index (χ2n) is 4.71. The first-order valence-corrected chi connectivity index (χ1v) is 7.48. The van der Waals surface area contributed by atoms with Crippen LogP contribution in [0.1, 0.15) is 11.3 Å². The molecule has 1 aromatic carbocycles. The number of rotatable bonds is 6. The number of nitrogens with one attached hydrogen (secondary N) is 2. The highest BCUT2D eigenvalue weighted by molar-refractivity contribution is 6.31. The van der Waals surface area contributed by atoms with Gasteiger partial charge in [0.05, 0.1) is 6.26 Å². The molecule has 22 heavy (non-hydrogen) atoms. The molecule has 0 radical (unpaired) electrons. The Bertz CT molecular complexity index is 594. The highest BCUT2D eigenvalue weighted by Gasteiger charge is 2.07. The molecule has 2 aromatic rings. The molecule has 0 bridgehead atoms. The summed E-state index contributed by atoms with van der Waals surface area (Å²) in [6, 6.07) is 8.50. The quantitative estimate of drug-likeness (QED) is 0.634. The Hall–Kier alpha value is -2.01. The van der Waals surface area contributed by atoms with E-state index in [-0.39, 0.29) is 5.82 Å². The van der Waals surface area contributed by atoms with Crippen molar-refractivity contribution in [1.29, 1.82) is 0 Å². The fourth-order valence-electron chi connectivity index (χ4n) is 2.06. The Morgan fingerprint density at radius 2 is 1.95 bits per heavy atom. The monoisotopic (exact) mass is 323 g/mol. The predicted octanol–water partition coefficient (Wildman–Crippen LogP) is 3.02. The van der Waals surface area contributed by atoms with Gasteiger partial charge < -0.3 is 15.1 Å². The van der Waals surface area contributed by atoms with Gasteiger partial charge in [-0.25, -0.2) is 4.39 Å². The average Bonchev–Trinajstić information content (AvgIpc) is 3.01. The molecule has 1 heterocycles. The van der Waals surface area contributed by atoms with E-state index in [0.29, 0.717) is 36.1 Å². The van der Waals surface area contributed by atoms with Gasteiger partial charge in [-0.15, -0.1) is 0 Å². The molecule has 6 heteroatoms. The normalized spacial score (nSPS) is 11.5. The summed E-state index contributed by atoms with van der Waals surface area (Å²) >= 11 is 6.00. The maximum absolute atomic E-state index is 13.6. The minimum absolute atomic E-state index is 0.282. The summed E-state index contributed by atoms with van der Waals surface area (Å²) < 4.78 is 18.9. The van der Waals surface area contributed by atoms with Gasteiger partial charge >= 0.3 is 0 Å². The second-order valence-corrected chi connectivity index (χ2v) is 5.11. The second kappa shape index (κ2) is 8.44. The van der Waals surface area contributed by atoms with Crippen molar-refractivity contribution in [2.24, 2.45) is 4.99 Å². The van der Waals surface area contributed by atoms with Crippen molar-refractivity contribution in [2.45, 2.75) is 12.8 Å². The molecule has 0 atom stereocenters. The largest absolute Gasteiger partial charge is 0.469 e. The number of halogens is 2. The molecule has 2 rings (SSSR count). The zero-order valence-corrected chi connectivity index (χ0v) is 13.2. The van der Waals surface area contributed by atoms with E-state index in [9.17, 15) is 4.39 Å². The van der Waals surface area contributed by atoms with E-state index < -0.39 is 0 Å². The molecule has 0 unspecified atom stereocenters. The van der Waals surface area contributed by atoms with Crippen molar-refractivity contribution in [2.75, 3.05) is 20.1 Å². The van der Waals surface area contributed by atoms with Crippen LogP contribution in [0.5, 0.6) is 0 Å². The third-order valence-corrected chi connectivity index (χ3v) is 3.55. The molecule has 2 N–H and O–H groups in total. The SMILES string of the molecule is CN=C(NCCc1ccco1)NCCc1c(F)cccc1Cl. The first-order valence-electron chi connectivity index (χ1n) is 7.10. The van der Waals surface area contributed by atoms with Crippen molar-refractivity contribution in [3.63, 3.8) is 0 Å². The van der Waals surface area contributed by atoms with Crippen LogP contribution >= 0.6 is 11.6 Å². The van der Waals surface area contributed by atoms with Crippen molar-refractivity contribution in [3.8, 4) is 0 Å².